The van der Waals surface area contributed by atoms with E-state index in [0.29, 0.717) is 5.75 Å². The van der Waals surface area contributed by atoms with Crippen molar-refractivity contribution in [1.82, 2.24) is 4.57 Å². The minimum Gasteiger partial charge on any atom is -0.507 e. The van der Waals surface area contributed by atoms with Crippen LogP contribution in [0.15, 0.2) is 60.7 Å². The third-order valence-electron chi connectivity index (χ3n) is 4.40. The molecule has 0 fully saturated rings. The van der Waals surface area contributed by atoms with Crippen molar-refractivity contribution in [3.63, 3.8) is 0 Å². The van der Waals surface area contributed by atoms with Crippen LogP contribution in [0.2, 0.25) is 0 Å². The summed E-state index contributed by atoms with van der Waals surface area (Å²) in [5.41, 5.74) is 4.18. The van der Waals surface area contributed by atoms with Gasteiger partial charge in [0, 0.05) is 23.3 Å². The van der Waals surface area contributed by atoms with E-state index in [9.17, 15) is 5.11 Å². The third kappa shape index (κ3) is 2.05. The normalized spacial score (nSPS) is 11.2. The molecule has 0 aliphatic rings. The maximum absolute atomic E-state index is 10.6. The predicted molar refractivity (Wildman–Crippen MR) is 94.1 cm³/mol. The van der Waals surface area contributed by atoms with Crippen molar-refractivity contribution in [3.8, 4) is 22.6 Å². The minimum absolute atomic E-state index is 0.292. The lowest BCUT2D eigenvalue weighted by atomic mass is 10.0. The molecular weight excluding hydrogens is 286 g/mol. The highest BCUT2D eigenvalue weighted by atomic mass is 16.5. The Kier molecular flexibility index (Phi) is 3.01. The fraction of sp³-hybridized carbons (Fsp3) is 0.100. The van der Waals surface area contributed by atoms with Crippen molar-refractivity contribution in [2.45, 2.75) is 0 Å². The SMILES string of the molecule is COc1ccc2c(c1)c1c(O)cc(-c3ccccc3)cc1n2C. The van der Waals surface area contributed by atoms with Crippen LogP contribution in [0.4, 0.5) is 0 Å². The van der Waals surface area contributed by atoms with Gasteiger partial charge < -0.3 is 14.4 Å². The zero-order valence-electron chi connectivity index (χ0n) is 13.1. The Bertz CT molecular complexity index is 1020. The fourth-order valence-electron chi connectivity index (χ4n) is 3.21. The molecule has 1 aromatic heterocycles. The Morgan fingerprint density at radius 2 is 1.65 bits per heavy atom. The van der Waals surface area contributed by atoms with E-state index in [0.717, 1.165) is 38.7 Å². The van der Waals surface area contributed by atoms with Gasteiger partial charge in [-0.3, -0.25) is 0 Å². The Morgan fingerprint density at radius 1 is 0.870 bits per heavy atom. The molecule has 114 valence electrons. The molecule has 0 saturated carbocycles. The van der Waals surface area contributed by atoms with Gasteiger partial charge in [-0.2, -0.15) is 0 Å². The molecule has 0 radical (unpaired) electrons. The molecule has 0 unspecified atom stereocenters. The van der Waals surface area contributed by atoms with E-state index in [2.05, 4.69) is 10.6 Å². The molecule has 0 amide bonds. The van der Waals surface area contributed by atoms with Crippen LogP contribution >= 0.6 is 0 Å². The van der Waals surface area contributed by atoms with Crippen molar-refractivity contribution in [1.29, 1.82) is 0 Å². The van der Waals surface area contributed by atoms with E-state index in [-0.39, 0.29) is 0 Å². The van der Waals surface area contributed by atoms with Gasteiger partial charge in [0.2, 0.25) is 0 Å². The molecule has 3 nitrogen and oxygen atoms in total. The van der Waals surface area contributed by atoms with E-state index < -0.39 is 0 Å². The van der Waals surface area contributed by atoms with Gasteiger partial charge >= 0.3 is 0 Å². The number of phenolic OH excluding ortho intramolecular Hbond substituents is 1. The van der Waals surface area contributed by atoms with Crippen LogP contribution in [0.3, 0.4) is 0 Å². The first kappa shape index (κ1) is 13.7. The number of benzene rings is 3. The van der Waals surface area contributed by atoms with Gasteiger partial charge in [-0.25, -0.2) is 0 Å². The molecule has 0 bridgehead atoms. The second kappa shape index (κ2) is 5.06. The van der Waals surface area contributed by atoms with Gasteiger partial charge in [0.1, 0.15) is 11.5 Å². The predicted octanol–water partition coefficient (Wildman–Crippen LogP) is 4.71. The maximum atomic E-state index is 10.6. The zero-order chi connectivity index (χ0) is 16.0. The lowest BCUT2D eigenvalue weighted by Gasteiger charge is -2.05. The molecule has 0 spiro atoms. The summed E-state index contributed by atoms with van der Waals surface area (Å²) in [5.74, 6) is 1.08. The Labute approximate surface area is 134 Å². The maximum Gasteiger partial charge on any atom is 0.126 e. The van der Waals surface area contributed by atoms with Gasteiger partial charge in [0.25, 0.3) is 0 Å². The first-order valence-corrected chi connectivity index (χ1v) is 7.53. The van der Waals surface area contributed by atoms with E-state index in [4.69, 9.17) is 4.74 Å². The van der Waals surface area contributed by atoms with Gasteiger partial charge in [-0.05, 0) is 41.5 Å². The monoisotopic (exact) mass is 303 g/mol. The van der Waals surface area contributed by atoms with Crippen LogP contribution in [-0.2, 0) is 7.05 Å². The van der Waals surface area contributed by atoms with Crippen molar-refractivity contribution in [3.05, 3.63) is 60.7 Å². The van der Waals surface area contributed by atoms with Gasteiger partial charge in [0.15, 0.2) is 0 Å². The number of aryl methyl sites for hydroxylation is 1. The first-order valence-electron chi connectivity index (χ1n) is 7.53. The zero-order valence-corrected chi connectivity index (χ0v) is 13.1. The summed E-state index contributed by atoms with van der Waals surface area (Å²) in [4.78, 5) is 0. The van der Waals surface area contributed by atoms with Crippen LogP contribution in [0.1, 0.15) is 0 Å². The number of aromatic nitrogens is 1. The van der Waals surface area contributed by atoms with Crippen molar-refractivity contribution in [2.75, 3.05) is 7.11 Å². The molecule has 0 saturated heterocycles. The third-order valence-corrected chi connectivity index (χ3v) is 4.40. The molecule has 0 aliphatic heterocycles. The summed E-state index contributed by atoms with van der Waals surface area (Å²) in [6.45, 7) is 0. The fourth-order valence-corrected chi connectivity index (χ4v) is 3.21. The average molecular weight is 303 g/mol. The number of ether oxygens (including phenoxy) is 1. The second-order valence-corrected chi connectivity index (χ2v) is 5.70. The number of fused-ring (bicyclic) bond motifs is 3. The average Bonchev–Trinajstić information content (AvgIpc) is 2.88. The van der Waals surface area contributed by atoms with Crippen molar-refractivity contribution in [2.24, 2.45) is 7.05 Å². The highest BCUT2D eigenvalue weighted by molar-refractivity contribution is 6.12. The van der Waals surface area contributed by atoms with Gasteiger partial charge in [0.05, 0.1) is 12.6 Å². The van der Waals surface area contributed by atoms with Crippen LogP contribution in [-0.4, -0.2) is 16.8 Å². The minimum atomic E-state index is 0.292. The molecule has 1 heterocycles. The molecule has 4 aromatic rings. The van der Waals surface area contributed by atoms with E-state index in [1.165, 1.54) is 0 Å². The summed E-state index contributed by atoms with van der Waals surface area (Å²) < 4.78 is 7.43. The lowest BCUT2D eigenvalue weighted by Crippen LogP contribution is -1.87. The lowest BCUT2D eigenvalue weighted by molar-refractivity contribution is 0.415. The number of hydrogen-bond donors (Lipinski definition) is 1. The number of rotatable bonds is 2. The molecule has 23 heavy (non-hydrogen) atoms. The van der Waals surface area contributed by atoms with E-state index in [1.807, 2.05) is 61.6 Å². The standard InChI is InChI=1S/C20H17NO2/c1-21-17-9-8-15(23-2)12-16(17)20-18(21)10-14(11-19(20)22)13-6-4-3-5-7-13/h3-12,22H,1-2H3. The van der Waals surface area contributed by atoms with Crippen LogP contribution < -0.4 is 4.74 Å². The van der Waals surface area contributed by atoms with Crippen LogP contribution in [0.25, 0.3) is 32.9 Å². The van der Waals surface area contributed by atoms with E-state index in [1.54, 1.807) is 7.11 Å². The molecule has 0 aliphatic carbocycles. The highest BCUT2D eigenvalue weighted by Gasteiger charge is 2.14. The molecule has 4 rings (SSSR count). The van der Waals surface area contributed by atoms with Crippen LogP contribution in [0, 0.1) is 0 Å². The van der Waals surface area contributed by atoms with Crippen molar-refractivity contribution >= 4 is 21.8 Å². The number of methoxy groups -OCH3 is 1. The topological polar surface area (TPSA) is 34.4 Å². The summed E-state index contributed by atoms with van der Waals surface area (Å²) in [7, 11) is 3.67. The summed E-state index contributed by atoms with van der Waals surface area (Å²) >= 11 is 0. The molecular formula is C20H17NO2. The van der Waals surface area contributed by atoms with E-state index >= 15 is 0 Å². The van der Waals surface area contributed by atoms with Crippen molar-refractivity contribution < 1.29 is 9.84 Å². The first-order chi connectivity index (χ1) is 11.2. The molecule has 3 aromatic carbocycles. The summed E-state index contributed by atoms with van der Waals surface area (Å²) in [6, 6.07) is 20.0. The number of phenols is 1. The largest absolute Gasteiger partial charge is 0.507 e. The Balaban J connectivity index is 2.07. The molecule has 1 N–H and O–H groups in total. The molecule has 0 atom stereocenters. The van der Waals surface area contributed by atoms with Gasteiger partial charge in [-0.1, -0.05) is 30.3 Å². The Hall–Kier alpha value is -2.94. The quantitative estimate of drug-likeness (QED) is 0.582. The summed E-state index contributed by atoms with van der Waals surface area (Å²) in [6.07, 6.45) is 0. The Morgan fingerprint density at radius 3 is 2.39 bits per heavy atom. The number of nitrogens with zero attached hydrogens (tertiary/aromatic N) is 1. The van der Waals surface area contributed by atoms with Crippen LogP contribution in [0.5, 0.6) is 11.5 Å². The number of aromatic hydroxyl groups is 1. The summed E-state index contributed by atoms with van der Waals surface area (Å²) in [5, 5.41) is 12.5. The van der Waals surface area contributed by atoms with Gasteiger partial charge in [-0.15, -0.1) is 0 Å². The smallest absolute Gasteiger partial charge is 0.126 e. The number of hydrogen-bond acceptors (Lipinski definition) is 2. The second-order valence-electron chi connectivity index (χ2n) is 5.70. The highest BCUT2D eigenvalue weighted by Crippen LogP contribution is 2.39. The molecule has 3 heteroatoms.